The first-order valence-electron chi connectivity index (χ1n) is 4.73. The Morgan fingerprint density at radius 1 is 1.50 bits per heavy atom. The minimum atomic E-state index is -0.701. The van der Waals surface area contributed by atoms with Gasteiger partial charge in [0.05, 0.1) is 18.8 Å². The van der Waals surface area contributed by atoms with E-state index < -0.39 is 5.54 Å². The molecule has 0 aromatic heterocycles. The van der Waals surface area contributed by atoms with Crippen LogP contribution in [0.25, 0.3) is 0 Å². The summed E-state index contributed by atoms with van der Waals surface area (Å²) in [5.74, 6) is 0.787. The number of aliphatic hydroxyl groups excluding tert-OH is 1. The first-order chi connectivity index (χ1) is 6.60. The smallest absolute Gasteiger partial charge is 0.119 e. The third-order valence-corrected chi connectivity index (χ3v) is 2.13. The zero-order valence-electron chi connectivity index (χ0n) is 8.66. The van der Waals surface area contributed by atoms with E-state index in [-0.39, 0.29) is 6.61 Å². The number of aliphatic hydroxyl groups is 1. The van der Waals surface area contributed by atoms with Gasteiger partial charge in [-0.3, -0.25) is 0 Å². The summed E-state index contributed by atoms with van der Waals surface area (Å²) in [6.07, 6.45) is 0. The third-order valence-electron chi connectivity index (χ3n) is 2.13. The maximum absolute atomic E-state index is 9.10. The second-order valence-corrected chi connectivity index (χ2v) is 3.54. The van der Waals surface area contributed by atoms with Gasteiger partial charge >= 0.3 is 0 Å². The number of hydrogen-bond acceptors (Lipinski definition) is 3. The number of rotatable bonds is 4. The summed E-state index contributed by atoms with van der Waals surface area (Å²) in [5.41, 5.74) is 6.08. The second-order valence-electron chi connectivity index (χ2n) is 3.54. The molecule has 1 rings (SSSR count). The van der Waals surface area contributed by atoms with Crippen LogP contribution in [0.1, 0.15) is 19.4 Å². The zero-order valence-corrected chi connectivity index (χ0v) is 8.66. The largest absolute Gasteiger partial charge is 0.494 e. The molecule has 0 bridgehead atoms. The third kappa shape index (κ3) is 2.47. The fourth-order valence-corrected chi connectivity index (χ4v) is 1.20. The van der Waals surface area contributed by atoms with Gasteiger partial charge in [0.15, 0.2) is 0 Å². The lowest BCUT2D eigenvalue weighted by Gasteiger charge is -2.22. The van der Waals surface area contributed by atoms with Crippen molar-refractivity contribution in [3.05, 3.63) is 29.8 Å². The van der Waals surface area contributed by atoms with Crippen LogP contribution in [-0.2, 0) is 5.54 Å². The Morgan fingerprint density at radius 3 is 2.79 bits per heavy atom. The predicted molar refractivity (Wildman–Crippen MR) is 56.2 cm³/mol. The molecule has 1 aromatic rings. The first-order valence-corrected chi connectivity index (χ1v) is 4.73. The Bertz CT molecular complexity index is 297. The van der Waals surface area contributed by atoms with Gasteiger partial charge in [-0.1, -0.05) is 12.1 Å². The molecule has 0 radical (unpaired) electrons. The lowest BCUT2D eigenvalue weighted by Crippen LogP contribution is -2.36. The number of ether oxygens (including phenoxy) is 1. The Labute approximate surface area is 84.5 Å². The SMILES string of the molecule is CCOc1cccc(C(C)(N)CO)c1. The topological polar surface area (TPSA) is 55.5 Å². The van der Waals surface area contributed by atoms with Gasteiger partial charge in [-0.25, -0.2) is 0 Å². The van der Waals surface area contributed by atoms with Crippen LogP contribution in [0.5, 0.6) is 5.75 Å². The molecule has 0 spiro atoms. The Kier molecular flexibility index (Phi) is 3.49. The molecule has 0 aliphatic carbocycles. The number of benzene rings is 1. The highest BCUT2D eigenvalue weighted by Crippen LogP contribution is 2.21. The van der Waals surface area contributed by atoms with Crippen molar-refractivity contribution in [3.8, 4) is 5.75 Å². The van der Waals surface area contributed by atoms with Crippen LogP contribution in [-0.4, -0.2) is 18.3 Å². The molecular formula is C11H17NO2. The molecule has 3 nitrogen and oxygen atoms in total. The van der Waals surface area contributed by atoms with Gasteiger partial charge in [0.25, 0.3) is 0 Å². The van der Waals surface area contributed by atoms with E-state index >= 15 is 0 Å². The molecule has 0 aliphatic rings. The molecule has 1 atom stereocenters. The first kappa shape index (κ1) is 11.0. The second kappa shape index (κ2) is 4.44. The molecule has 14 heavy (non-hydrogen) atoms. The van der Waals surface area contributed by atoms with Crippen molar-refractivity contribution in [2.45, 2.75) is 19.4 Å². The van der Waals surface area contributed by atoms with Crippen molar-refractivity contribution in [1.29, 1.82) is 0 Å². The van der Waals surface area contributed by atoms with Crippen molar-refractivity contribution in [2.24, 2.45) is 5.73 Å². The quantitative estimate of drug-likeness (QED) is 0.760. The lowest BCUT2D eigenvalue weighted by atomic mass is 9.94. The number of hydrogen-bond donors (Lipinski definition) is 2. The normalized spacial score (nSPS) is 14.9. The van der Waals surface area contributed by atoms with E-state index in [2.05, 4.69) is 0 Å². The highest BCUT2D eigenvalue weighted by molar-refractivity contribution is 5.32. The minimum absolute atomic E-state index is 0.0808. The van der Waals surface area contributed by atoms with E-state index in [0.717, 1.165) is 11.3 Å². The summed E-state index contributed by atoms with van der Waals surface area (Å²) in [5, 5.41) is 9.10. The van der Waals surface area contributed by atoms with E-state index in [1.165, 1.54) is 0 Å². The van der Waals surface area contributed by atoms with Crippen molar-refractivity contribution >= 4 is 0 Å². The van der Waals surface area contributed by atoms with Gasteiger partial charge in [-0.05, 0) is 31.5 Å². The molecule has 0 aliphatic heterocycles. The van der Waals surface area contributed by atoms with Crippen molar-refractivity contribution in [1.82, 2.24) is 0 Å². The number of nitrogens with two attached hydrogens (primary N) is 1. The molecule has 0 saturated carbocycles. The van der Waals surface area contributed by atoms with Crippen molar-refractivity contribution < 1.29 is 9.84 Å². The maximum atomic E-state index is 9.10. The molecule has 0 amide bonds. The van der Waals surface area contributed by atoms with Crippen molar-refractivity contribution in [3.63, 3.8) is 0 Å². The van der Waals surface area contributed by atoms with E-state index in [1.807, 2.05) is 31.2 Å². The molecule has 0 heterocycles. The van der Waals surface area contributed by atoms with Gasteiger partial charge in [0, 0.05) is 0 Å². The van der Waals surface area contributed by atoms with Gasteiger partial charge in [-0.2, -0.15) is 0 Å². The molecule has 0 saturated heterocycles. The molecule has 3 heteroatoms. The summed E-state index contributed by atoms with van der Waals surface area (Å²) < 4.78 is 5.35. The van der Waals surface area contributed by atoms with E-state index in [9.17, 15) is 0 Å². The van der Waals surface area contributed by atoms with Gasteiger partial charge in [0.1, 0.15) is 5.75 Å². The zero-order chi connectivity index (χ0) is 10.6. The predicted octanol–water partition coefficient (Wildman–Crippen LogP) is 1.25. The standard InChI is InChI=1S/C11H17NO2/c1-3-14-10-6-4-5-9(7-10)11(2,12)8-13/h4-7,13H,3,8,12H2,1-2H3. The van der Waals surface area contributed by atoms with Crippen LogP contribution in [0.4, 0.5) is 0 Å². The maximum Gasteiger partial charge on any atom is 0.119 e. The summed E-state index contributed by atoms with van der Waals surface area (Å²) in [7, 11) is 0. The summed E-state index contributed by atoms with van der Waals surface area (Å²) >= 11 is 0. The Morgan fingerprint density at radius 2 is 2.21 bits per heavy atom. The molecular weight excluding hydrogens is 178 g/mol. The molecule has 1 aromatic carbocycles. The van der Waals surface area contributed by atoms with Gasteiger partial charge in [-0.15, -0.1) is 0 Å². The lowest BCUT2D eigenvalue weighted by molar-refractivity contribution is 0.209. The Hall–Kier alpha value is -1.06. The monoisotopic (exact) mass is 195 g/mol. The average molecular weight is 195 g/mol. The highest BCUT2D eigenvalue weighted by Gasteiger charge is 2.19. The molecule has 3 N–H and O–H groups in total. The van der Waals surface area contributed by atoms with E-state index in [1.54, 1.807) is 6.92 Å². The average Bonchev–Trinajstić information content (AvgIpc) is 2.19. The Balaban J connectivity index is 2.93. The van der Waals surface area contributed by atoms with Crippen LogP contribution in [0.2, 0.25) is 0 Å². The van der Waals surface area contributed by atoms with Crippen LogP contribution >= 0.6 is 0 Å². The fourth-order valence-electron chi connectivity index (χ4n) is 1.20. The summed E-state index contributed by atoms with van der Waals surface area (Å²) in [6.45, 7) is 4.27. The molecule has 0 fully saturated rings. The molecule has 1 unspecified atom stereocenters. The van der Waals surface area contributed by atoms with Crippen LogP contribution in [0, 0.1) is 0 Å². The van der Waals surface area contributed by atoms with Gasteiger partial charge in [0.2, 0.25) is 0 Å². The minimum Gasteiger partial charge on any atom is -0.494 e. The van der Waals surface area contributed by atoms with Crippen molar-refractivity contribution in [2.75, 3.05) is 13.2 Å². The van der Waals surface area contributed by atoms with E-state index in [4.69, 9.17) is 15.6 Å². The van der Waals surface area contributed by atoms with Crippen LogP contribution in [0.15, 0.2) is 24.3 Å². The fraction of sp³-hybridized carbons (Fsp3) is 0.455. The van der Waals surface area contributed by atoms with Crippen LogP contribution < -0.4 is 10.5 Å². The van der Waals surface area contributed by atoms with Gasteiger partial charge < -0.3 is 15.6 Å². The summed E-state index contributed by atoms with van der Waals surface area (Å²) in [4.78, 5) is 0. The summed E-state index contributed by atoms with van der Waals surface area (Å²) in [6, 6.07) is 7.50. The van der Waals surface area contributed by atoms with E-state index in [0.29, 0.717) is 6.61 Å². The highest BCUT2D eigenvalue weighted by atomic mass is 16.5. The molecule has 78 valence electrons. The van der Waals surface area contributed by atoms with Crippen LogP contribution in [0.3, 0.4) is 0 Å².